The van der Waals surface area contributed by atoms with Crippen molar-refractivity contribution in [3.8, 4) is 6.07 Å². The molecule has 0 bridgehead atoms. The Morgan fingerprint density at radius 3 is 2.62 bits per heavy atom. The summed E-state index contributed by atoms with van der Waals surface area (Å²) in [6.45, 7) is 2.85. The van der Waals surface area contributed by atoms with E-state index in [2.05, 4.69) is 16.0 Å². The molecule has 2 fully saturated rings. The number of nitriles is 1. The average Bonchev–Trinajstić information content (AvgIpc) is 3.20. The van der Waals surface area contributed by atoms with Gasteiger partial charge in [-0.05, 0) is 37.8 Å². The summed E-state index contributed by atoms with van der Waals surface area (Å²) in [6.07, 6.45) is 6.42. The maximum Gasteiger partial charge on any atom is 0.326 e. The van der Waals surface area contributed by atoms with Crippen molar-refractivity contribution < 1.29 is 0 Å². The van der Waals surface area contributed by atoms with Gasteiger partial charge in [-0.15, -0.1) is 0 Å². The van der Waals surface area contributed by atoms with Gasteiger partial charge in [0.15, 0.2) is 0 Å². The van der Waals surface area contributed by atoms with Gasteiger partial charge in [0.25, 0.3) is 0 Å². The Labute approximate surface area is 141 Å². The van der Waals surface area contributed by atoms with Gasteiger partial charge in [0.1, 0.15) is 0 Å². The molecule has 0 spiro atoms. The summed E-state index contributed by atoms with van der Waals surface area (Å²) < 4.78 is 1.93. The molecule has 2 aromatic rings. The normalized spacial score (nSPS) is 22.0. The van der Waals surface area contributed by atoms with Crippen molar-refractivity contribution >= 4 is 11.0 Å². The zero-order valence-corrected chi connectivity index (χ0v) is 14.0. The summed E-state index contributed by atoms with van der Waals surface area (Å²) >= 11 is 0. The van der Waals surface area contributed by atoms with E-state index in [9.17, 15) is 10.1 Å². The van der Waals surface area contributed by atoms with Gasteiger partial charge >= 0.3 is 5.69 Å². The number of hydrogen-bond acceptors (Lipinski definition) is 3. The molecule has 1 N–H and O–H groups in total. The van der Waals surface area contributed by atoms with Crippen molar-refractivity contribution in [2.45, 2.75) is 44.6 Å². The van der Waals surface area contributed by atoms with E-state index in [0.29, 0.717) is 0 Å². The molecule has 0 radical (unpaired) electrons. The van der Waals surface area contributed by atoms with Crippen molar-refractivity contribution in [1.82, 2.24) is 14.5 Å². The van der Waals surface area contributed by atoms with Crippen LogP contribution in [0, 0.1) is 16.7 Å². The van der Waals surface area contributed by atoms with Gasteiger partial charge in [-0.2, -0.15) is 5.26 Å². The minimum absolute atomic E-state index is 0.000983. The summed E-state index contributed by atoms with van der Waals surface area (Å²) in [5, 5.41) is 9.58. The van der Waals surface area contributed by atoms with Gasteiger partial charge in [0, 0.05) is 25.7 Å². The Morgan fingerprint density at radius 2 is 1.92 bits per heavy atom. The maximum absolute atomic E-state index is 12.3. The minimum Gasteiger partial charge on any atom is -0.306 e. The van der Waals surface area contributed by atoms with Crippen LogP contribution in [0.5, 0.6) is 0 Å². The van der Waals surface area contributed by atoms with E-state index < -0.39 is 0 Å². The van der Waals surface area contributed by atoms with E-state index in [1.807, 2.05) is 28.8 Å². The highest BCUT2D eigenvalue weighted by Crippen LogP contribution is 2.39. The van der Waals surface area contributed by atoms with Gasteiger partial charge < -0.3 is 9.88 Å². The van der Waals surface area contributed by atoms with Crippen LogP contribution in [-0.4, -0.2) is 34.1 Å². The zero-order valence-electron chi connectivity index (χ0n) is 14.0. The molecule has 1 aromatic heterocycles. The summed E-state index contributed by atoms with van der Waals surface area (Å²) in [5.41, 5.74) is 1.80. The molecule has 5 nitrogen and oxygen atoms in total. The average molecular weight is 324 g/mol. The fourth-order valence-corrected chi connectivity index (χ4v) is 4.56. The third-order valence-corrected chi connectivity index (χ3v) is 5.87. The Bertz CT molecular complexity index is 814. The number of nitrogens with one attached hydrogen (secondary N) is 1. The van der Waals surface area contributed by atoms with Gasteiger partial charge in [0.2, 0.25) is 0 Å². The Balaban J connectivity index is 1.47. The lowest BCUT2D eigenvalue weighted by molar-refractivity contribution is 0.141. The highest BCUT2D eigenvalue weighted by molar-refractivity contribution is 5.75. The van der Waals surface area contributed by atoms with Crippen LogP contribution < -0.4 is 5.69 Å². The Kier molecular flexibility index (Phi) is 3.93. The first kappa shape index (κ1) is 15.5. The van der Waals surface area contributed by atoms with E-state index in [0.717, 1.165) is 56.4 Å². The number of aromatic amines is 1. The van der Waals surface area contributed by atoms with E-state index >= 15 is 0 Å². The molecule has 1 saturated carbocycles. The van der Waals surface area contributed by atoms with Crippen molar-refractivity contribution in [2.24, 2.45) is 5.41 Å². The molecule has 2 aliphatic rings. The number of nitrogens with zero attached hydrogens (tertiary/aromatic N) is 3. The van der Waals surface area contributed by atoms with E-state index in [-0.39, 0.29) is 17.1 Å². The molecule has 1 aliphatic heterocycles. The van der Waals surface area contributed by atoms with Crippen LogP contribution in [0.3, 0.4) is 0 Å². The Morgan fingerprint density at radius 1 is 1.21 bits per heavy atom. The Hall–Kier alpha value is -2.06. The summed E-state index contributed by atoms with van der Waals surface area (Å²) in [6, 6.07) is 10.8. The number of likely N-dealkylation sites (tertiary alicyclic amines) is 1. The van der Waals surface area contributed by atoms with Crippen molar-refractivity contribution in [3.05, 3.63) is 34.7 Å². The lowest BCUT2D eigenvalue weighted by atomic mass is 9.86. The second-order valence-electron chi connectivity index (χ2n) is 7.42. The number of rotatable bonds is 3. The van der Waals surface area contributed by atoms with E-state index in [4.69, 9.17) is 0 Å². The second kappa shape index (κ2) is 6.10. The topological polar surface area (TPSA) is 64.8 Å². The lowest BCUT2D eigenvalue weighted by Gasteiger charge is -2.36. The van der Waals surface area contributed by atoms with Crippen LogP contribution in [0.1, 0.15) is 44.6 Å². The summed E-state index contributed by atoms with van der Waals surface area (Å²) in [4.78, 5) is 17.7. The molecule has 4 rings (SSSR count). The fraction of sp³-hybridized carbons (Fsp3) is 0.579. The lowest BCUT2D eigenvalue weighted by Crippen LogP contribution is -2.42. The zero-order chi connectivity index (χ0) is 16.6. The van der Waals surface area contributed by atoms with Crippen molar-refractivity contribution in [2.75, 3.05) is 19.6 Å². The molecule has 0 amide bonds. The van der Waals surface area contributed by atoms with Crippen LogP contribution in [0.2, 0.25) is 0 Å². The van der Waals surface area contributed by atoms with Gasteiger partial charge in [0.05, 0.1) is 22.5 Å². The first-order valence-corrected chi connectivity index (χ1v) is 9.04. The highest BCUT2D eigenvalue weighted by atomic mass is 16.1. The number of hydrogen-bond donors (Lipinski definition) is 1. The van der Waals surface area contributed by atoms with Gasteiger partial charge in [-0.25, -0.2) is 4.79 Å². The smallest absolute Gasteiger partial charge is 0.306 e. The van der Waals surface area contributed by atoms with Crippen molar-refractivity contribution in [3.63, 3.8) is 0 Å². The molecule has 5 heteroatoms. The third-order valence-electron chi connectivity index (χ3n) is 5.87. The number of aromatic nitrogens is 2. The quantitative estimate of drug-likeness (QED) is 0.944. The van der Waals surface area contributed by atoms with Crippen LogP contribution in [0.4, 0.5) is 0 Å². The molecule has 0 atom stereocenters. The number of piperidine rings is 1. The van der Waals surface area contributed by atoms with Crippen LogP contribution in [-0.2, 0) is 0 Å². The fourth-order valence-electron chi connectivity index (χ4n) is 4.56. The second-order valence-corrected chi connectivity index (χ2v) is 7.42. The van der Waals surface area contributed by atoms with Crippen LogP contribution in [0.25, 0.3) is 11.0 Å². The van der Waals surface area contributed by atoms with Gasteiger partial charge in [-0.3, -0.25) is 4.57 Å². The standard InChI is InChI=1S/C19H24N4O/c20-13-19(9-3-4-10-19)14-22-11-7-15(8-12-22)23-17-6-2-1-5-16(17)21-18(23)24/h1-2,5-6,15H,3-4,7-12,14H2,(H,21,24). The first-order valence-electron chi connectivity index (χ1n) is 9.04. The largest absolute Gasteiger partial charge is 0.326 e. The van der Waals surface area contributed by atoms with Crippen molar-refractivity contribution in [1.29, 1.82) is 5.26 Å². The van der Waals surface area contributed by atoms with Crippen LogP contribution >= 0.6 is 0 Å². The number of H-pyrrole nitrogens is 1. The third kappa shape index (κ3) is 2.65. The SMILES string of the molecule is N#CC1(CN2CCC(n3c(=O)[nH]c4ccccc43)CC2)CCCC1. The molecule has 1 aromatic carbocycles. The molecule has 126 valence electrons. The highest BCUT2D eigenvalue weighted by Gasteiger charge is 2.36. The molecule has 24 heavy (non-hydrogen) atoms. The monoisotopic (exact) mass is 324 g/mol. The summed E-state index contributed by atoms with van der Waals surface area (Å²) in [7, 11) is 0. The number of benzene rings is 1. The first-order chi connectivity index (χ1) is 11.7. The predicted molar refractivity (Wildman–Crippen MR) is 93.8 cm³/mol. The molecule has 0 unspecified atom stereocenters. The number of para-hydroxylation sites is 2. The number of fused-ring (bicyclic) bond motifs is 1. The minimum atomic E-state index is -0.121. The maximum atomic E-state index is 12.3. The molecular weight excluding hydrogens is 300 g/mol. The van der Waals surface area contributed by atoms with Crippen LogP contribution in [0.15, 0.2) is 29.1 Å². The summed E-state index contributed by atoms with van der Waals surface area (Å²) in [5.74, 6) is 0. The molecule has 1 aliphatic carbocycles. The molecule has 1 saturated heterocycles. The van der Waals surface area contributed by atoms with Gasteiger partial charge in [-0.1, -0.05) is 25.0 Å². The van der Waals surface area contributed by atoms with E-state index in [1.54, 1.807) is 0 Å². The number of imidazole rings is 1. The predicted octanol–water partition coefficient (Wildman–Crippen LogP) is 3.05. The molecular formula is C19H24N4O. The van der Waals surface area contributed by atoms with E-state index in [1.165, 1.54) is 12.8 Å². The molecule has 2 heterocycles.